The molecular weight excluding hydrogens is 129 g/mol. The van der Waals surface area contributed by atoms with Crippen molar-refractivity contribution >= 4 is 5.69 Å². The van der Waals surface area contributed by atoms with Crippen LogP contribution in [0, 0.1) is 12.7 Å². The molecule has 0 aliphatic rings. The molecule has 0 radical (unpaired) electrons. The van der Waals surface area contributed by atoms with Crippen LogP contribution in [0.5, 0.6) is 0 Å². The van der Waals surface area contributed by atoms with E-state index < -0.39 is 0 Å². The monoisotopic (exact) mass is 141 g/mol. The summed E-state index contributed by atoms with van der Waals surface area (Å²) in [7, 11) is 0. The van der Waals surface area contributed by atoms with Crippen LogP contribution >= 0.6 is 0 Å². The smallest absolute Gasteiger partial charge is 0.128 e. The van der Waals surface area contributed by atoms with Crippen molar-refractivity contribution in [1.82, 2.24) is 0 Å². The maximum Gasteiger partial charge on any atom is 0.128 e. The maximum absolute atomic E-state index is 12.5. The molecule has 2 heteroatoms. The number of hydrogen-bond acceptors (Lipinski definition) is 1. The average Bonchev–Trinajstić information content (AvgIpc) is 1.80. The molecule has 0 aliphatic carbocycles. The van der Waals surface area contributed by atoms with Crippen molar-refractivity contribution in [2.24, 2.45) is 0 Å². The van der Waals surface area contributed by atoms with Crippen molar-refractivity contribution in [3.8, 4) is 0 Å². The minimum atomic E-state index is -0.241. The third kappa shape index (κ3) is 1.72. The molecule has 0 amide bonds. The summed E-state index contributed by atoms with van der Waals surface area (Å²) in [5.74, 6) is -0.241. The van der Waals surface area contributed by atoms with Crippen molar-refractivity contribution in [3.05, 3.63) is 29.6 Å². The molecule has 0 atom stereocenters. The normalized spacial score (nSPS) is 8.60. The van der Waals surface area contributed by atoms with E-state index in [0.29, 0.717) is 11.3 Å². The Morgan fingerprint density at radius 3 is 2.40 bits per heavy atom. The zero-order valence-corrected chi connectivity index (χ0v) is 5.19. The molecule has 1 nitrogen and oxygen atoms in total. The lowest BCUT2D eigenvalue weighted by atomic mass is 10.2. The molecule has 2 N–H and O–H groups in total. The molecule has 1 rings (SSSR count). The Morgan fingerprint density at radius 2 is 2.00 bits per heavy atom. The van der Waals surface area contributed by atoms with Gasteiger partial charge >= 0.3 is 0 Å². The Balaban J connectivity index is 0.000000810. The van der Waals surface area contributed by atoms with Crippen LogP contribution in [0.25, 0.3) is 0 Å². The summed E-state index contributed by atoms with van der Waals surface area (Å²) in [6.45, 7) is 1.70. The van der Waals surface area contributed by atoms with Crippen molar-refractivity contribution < 1.29 is 4.39 Å². The molecule has 10 heavy (non-hydrogen) atoms. The van der Waals surface area contributed by atoms with E-state index in [9.17, 15) is 4.39 Å². The van der Waals surface area contributed by atoms with E-state index in [1.807, 2.05) is 0 Å². The van der Waals surface area contributed by atoms with E-state index >= 15 is 0 Å². The fourth-order valence-corrected chi connectivity index (χ4v) is 0.609. The van der Waals surface area contributed by atoms with Crippen LogP contribution in [0.4, 0.5) is 10.1 Å². The molecule has 0 saturated heterocycles. The largest absolute Gasteiger partial charge is 0.399 e. The van der Waals surface area contributed by atoms with Gasteiger partial charge in [0, 0.05) is 5.69 Å². The Kier molecular flexibility index (Phi) is 2.87. The number of rotatable bonds is 0. The fraction of sp³-hybridized carbons (Fsp3) is 0.250. The van der Waals surface area contributed by atoms with Gasteiger partial charge in [-0.1, -0.05) is 13.5 Å². The number of benzene rings is 1. The summed E-state index contributed by atoms with van der Waals surface area (Å²) in [4.78, 5) is 0. The highest BCUT2D eigenvalue weighted by Crippen LogP contribution is 2.09. The quantitative estimate of drug-likeness (QED) is 0.551. The lowest BCUT2D eigenvalue weighted by Gasteiger charge is -1.94. The third-order valence-electron chi connectivity index (χ3n) is 1.20. The van der Waals surface area contributed by atoms with E-state index in [2.05, 4.69) is 0 Å². The number of anilines is 1. The summed E-state index contributed by atoms with van der Waals surface area (Å²) >= 11 is 0. The topological polar surface area (TPSA) is 26.0 Å². The second-order valence-corrected chi connectivity index (χ2v) is 2.01. The Labute approximate surface area is 60.7 Å². The lowest BCUT2D eigenvalue weighted by molar-refractivity contribution is 0.619. The third-order valence-corrected chi connectivity index (χ3v) is 1.20. The molecule has 0 unspecified atom stereocenters. The lowest BCUT2D eigenvalue weighted by Crippen LogP contribution is -1.87. The van der Waals surface area contributed by atoms with Crippen LogP contribution in [0.3, 0.4) is 0 Å². The van der Waals surface area contributed by atoms with Gasteiger partial charge in [-0.15, -0.1) is 0 Å². The predicted molar refractivity (Wildman–Crippen MR) is 42.3 cm³/mol. The maximum atomic E-state index is 12.5. The molecule has 0 spiro atoms. The van der Waals surface area contributed by atoms with Crippen LogP contribution in [0.1, 0.15) is 13.0 Å². The Morgan fingerprint density at radius 1 is 1.40 bits per heavy atom. The number of aryl methyl sites for hydroxylation is 1. The first-order valence-corrected chi connectivity index (χ1v) is 2.72. The van der Waals surface area contributed by atoms with E-state index in [1.165, 1.54) is 6.07 Å². The van der Waals surface area contributed by atoms with Crippen molar-refractivity contribution in [1.29, 1.82) is 0 Å². The first-order valence-electron chi connectivity index (χ1n) is 2.72. The molecule has 0 saturated carbocycles. The van der Waals surface area contributed by atoms with E-state index in [0.717, 1.165) is 0 Å². The van der Waals surface area contributed by atoms with Crippen LogP contribution in [0.15, 0.2) is 18.2 Å². The summed E-state index contributed by atoms with van der Waals surface area (Å²) in [5.41, 5.74) is 6.39. The van der Waals surface area contributed by atoms with Crippen LogP contribution in [-0.2, 0) is 0 Å². The summed E-state index contributed by atoms with van der Waals surface area (Å²) in [6, 6.07) is 4.65. The SMILES string of the molecule is C.Cc1ccc(N)cc1F. The second kappa shape index (κ2) is 3.20. The van der Waals surface area contributed by atoms with Gasteiger partial charge in [0.05, 0.1) is 0 Å². The molecule has 0 aliphatic heterocycles. The molecule has 0 fully saturated rings. The summed E-state index contributed by atoms with van der Waals surface area (Å²) in [5, 5.41) is 0. The van der Waals surface area contributed by atoms with E-state index in [1.54, 1.807) is 19.1 Å². The standard InChI is InChI=1S/C7H8FN.CH4/c1-5-2-3-6(9)4-7(5)8;/h2-4H,9H2,1H3;1H4. The molecule has 0 aromatic heterocycles. The van der Waals surface area contributed by atoms with Gasteiger partial charge in [-0.05, 0) is 24.6 Å². The number of nitrogens with two attached hydrogens (primary N) is 1. The van der Waals surface area contributed by atoms with Gasteiger partial charge in [-0.25, -0.2) is 4.39 Å². The van der Waals surface area contributed by atoms with Gasteiger partial charge in [-0.3, -0.25) is 0 Å². The average molecular weight is 141 g/mol. The van der Waals surface area contributed by atoms with Crippen molar-refractivity contribution in [2.45, 2.75) is 14.4 Å². The van der Waals surface area contributed by atoms with Gasteiger partial charge in [0.25, 0.3) is 0 Å². The highest BCUT2D eigenvalue weighted by molar-refractivity contribution is 5.39. The first-order chi connectivity index (χ1) is 4.20. The highest BCUT2D eigenvalue weighted by atomic mass is 19.1. The summed E-state index contributed by atoms with van der Waals surface area (Å²) in [6.07, 6.45) is 0. The highest BCUT2D eigenvalue weighted by Gasteiger charge is 1.93. The molecule has 0 bridgehead atoms. The molecule has 0 heterocycles. The minimum Gasteiger partial charge on any atom is -0.399 e. The fourth-order valence-electron chi connectivity index (χ4n) is 0.609. The second-order valence-electron chi connectivity index (χ2n) is 2.01. The Hall–Kier alpha value is -1.05. The van der Waals surface area contributed by atoms with Gasteiger partial charge in [-0.2, -0.15) is 0 Å². The molecular formula is C8H12FN. The van der Waals surface area contributed by atoms with Crippen LogP contribution < -0.4 is 5.73 Å². The van der Waals surface area contributed by atoms with Gasteiger partial charge in [0.15, 0.2) is 0 Å². The predicted octanol–water partition coefficient (Wildman–Crippen LogP) is 2.35. The zero-order chi connectivity index (χ0) is 6.85. The Bertz CT molecular complexity index is 220. The van der Waals surface area contributed by atoms with Crippen molar-refractivity contribution in [2.75, 3.05) is 5.73 Å². The van der Waals surface area contributed by atoms with Crippen LogP contribution in [0.2, 0.25) is 0 Å². The van der Waals surface area contributed by atoms with E-state index in [4.69, 9.17) is 5.73 Å². The molecule has 56 valence electrons. The molecule has 1 aromatic rings. The minimum absolute atomic E-state index is 0. The number of hydrogen-bond donors (Lipinski definition) is 1. The summed E-state index contributed by atoms with van der Waals surface area (Å²) < 4.78 is 12.5. The number of nitrogen functional groups attached to an aromatic ring is 1. The first kappa shape index (κ1) is 8.95. The van der Waals surface area contributed by atoms with Gasteiger partial charge < -0.3 is 5.73 Å². The molecule has 1 aromatic carbocycles. The zero-order valence-electron chi connectivity index (χ0n) is 5.19. The van der Waals surface area contributed by atoms with Gasteiger partial charge in [0.2, 0.25) is 0 Å². The van der Waals surface area contributed by atoms with Crippen LogP contribution in [-0.4, -0.2) is 0 Å². The van der Waals surface area contributed by atoms with E-state index in [-0.39, 0.29) is 13.2 Å². The number of halogens is 1. The van der Waals surface area contributed by atoms with Crippen molar-refractivity contribution in [3.63, 3.8) is 0 Å². The van der Waals surface area contributed by atoms with Gasteiger partial charge in [0.1, 0.15) is 5.82 Å².